The molecule has 0 unspecified atom stereocenters. The molecule has 0 radical (unpaired) electrons. The molecule has 1 heterocycles. The topological polar surface area (TPSA) is 84.9 Å². The van der Waals surface area contributed by atoms with Crippen LogP contribution in [-0.4, -0.2) is 45.9 Å². The van der Waals surface area contributed by atoms with Crippen LogP contribution in [0.5, 0.6) is 11.5 Å². The van der Waals surface area contributed by atoms with Crippen LogP contribution in [0.25, 0.3) is 0 Å². The van der Waals surface area contributed by atoms with E-state index < -0.39 is 10.0 Å². The van der Waals surface area contributed by atoms with Crippen molar-refractivity contribution in [2.24, 2.45) is 0 Å². The molecule has 30 heavy (non-hydrogen) atoms. The largest absolute Gasteiger partial charge is 0.496 e. The van der Waals surface area contributed by atoms with Gasteiger partial charge in [0.1, 0.15) is 16.4 Å². The molecule has 2 aromatic carbocycles. The Labute approximate surface area is 178 Å². The zero-order chi connectivity index (χ0) is 21.7. The Balaban J connectivity index is 1.87. The van der Waals surface area contributed by atoms with E-state index in [0.717, 1.165) is 24.8 Å². The summed E-state index contributed by atoms with van der Waals surface area (Å²) in [6.45, 7) is 2.81. The number of methoxy groups -OCH3 is 2. The lowest BCUT2D eigenvalue weighted by atomic mass is 10.1. The summed E-state index contributed by atoms with van der Waals surface area (Å²) in [6.07, 6.45) is 2.68. The van der Waals surface area contributed by atoms with Gasteiger partial charge in [0.25, 0.3) is 5.91 Å². The highest BCUT2D eigenvalue weighted by Crippen LogP contribution is 2.30. The predicted octanol–water partition coefficient (Wildman–Crippen LogP) is 3.37. The predicted molar refractivity (Wildman–Crippen MR) is 114 cm³/mol. The lowest BCUT2D eigenvalue weighted by Crippen LogP contribution is -2.36. The van der Waals surface area contributed by atoms with Crippen molar-refractivity contribution in [1.82, 2.24) is 9.62 Å². The monoisotopic (exact) mass is 432 g/mol. The Morgan fingerprint density at radius 3 is 2.33 bits per heavy atom. The van der Waals surface area contributed by atoms with Crippen LogP contribution >= 0.6 is 0 Å². The zero-order valence-electron chi connectivity index (χ0n) is 17.6. The standard InChI is InChI=1S/C22H28N2O5S/c1-16(18-9-5-6-10-19(18)28-2)23-22(25)17-11-12-20(29-3)21(15-17)30(26,27)24-13-7-4-8-14-24/h5-6,9-12,15-16H,4,7-8,13-14H2,1-3H3,(H,23,25)/t16-/m1/s1. The Morgan fingerprint density at radius 2 is 1.67 bits per heavy atom. The van der Waals surface area contributed by atoms with Crippen molar-refractivity contribution in [3.05, 3.63) is 53.6 Å². The van der Waals surface area contributed by atoms with E-state index in [-0.39, 0.29) is 28.2 Å². The summed E-state index contributed by atoms with van der Waals surface area (Å²) in [7, 11) is -0.741. The molecule has 162 valence electrons. The second-order valence-electron chi connectivity index (χ2n) is 7.27. The smallest absolute Gasteiger partial charge is 0.251 e. The van der Waals surface area contributed by atoms with Crippen LogP contribution in [0.15, 0.2) is 47.4 Å². The van der Waals surface area contributed by atoms with Crippen LogP contribution in [0.1, 0.15) is 48.1 Å². The number of rotatable bonds is 7. The normalized spacial score (nSPS) is 16.0. The Bertz CT molecular complexity index is 1000. The highest BCUT2D eigenvalue weighted by molar-refractivity contribution is 7.89. The molecular weight excluding hydrogens is 404 g/mol. The van der Waals surface area contributed by atoms with Crippen LogP contribution in [0.3, 0.4) is 0 Å². The molecule has 1 saturated heterocycles. The van der Waals surface area contributed by atoms with Crippen molar-refractivity contribution in [3.8, 4) is 11.5 Å². The van der Waals surface area contributed by atoms with Crippen LogP contribution in [0, 0.1) is 0 Å². The molecule has 3 rings (SSSR count). The third-order valence-corrected chi connectivity index (χ3v) is 7.23. The summed E-state index contributed by atoms with van der Waals surface area (Å²) in [4.78, 5) is 12.9. The zero-order valence-corrected chi connectivity index (χ0v) is 18.4. The molecule has 0 aromatic heterocycles. The van der Waals surface area contributed by atoms with Crippen molar-refractivity contribution in [3.63, 3.8) is 0 Å². The highest BCUT2D eigenvalue weighted by Gasteiger charge is 2.30. The maximum absolute atomic E-state index is 13.2. The van der Waals surface area contributed by atoms with Crippen LogP contribution in [0.4, 0.5) is 0 Å². The lowest BCUT2D eigenvalue weighted by Gasteiger charge is -2.26. The van der Waals surface area contributed by atoms with Gasteiger partial charge in [-0.2, -0.15) is 4.31 Å². The van der Waals surface area contributed by atoms with E-state index in [4.69, 9.17) is 9.47 Å². The number of carbonyl (C=O) groups is 1. The molecule has 1 atom stereocenters. The first kappa shape index (κ1) is 22.1. The maximum Gasteiger partial charge on any atom is 0.251 e. The van der Waals surface area contributed by atoms with Gasteiger partial charge < -0.3 is 14.8 Å². The Kier molecular flexibility index (Phi) is 6.99. The van der Waals surface area contributed by atoms with Gasteiger partial charge in [0.05, 0.1) is 20.3 Å². The van der Waals surface area contributed by atoms with E-state index >= 15 is 0 Å². The van der Waals surface area contributed by atoms with Gasteiger partial charge in [0, 0.05) is 24.2 Å². The molecule has 0 aliphatic carbocycles. The van der Waals surface area contributed by atoms with E-state index in [1.54, 1.807) is 13.2 Å². The summed E-state index contributed by atoms with van der Waals surface area (Å²) >= 11 is 0. The summed E-state index contributed by atoms with van der Waals surface area (Å²) in [6, 6.07) is 11.6. The maximum atomic E-state index is 13.2. The molecule has 1 aliphatic rings. The number of hydrogen-bond acceptors (Lipinski definition) is 5. The Hall–Kier alpha value is -2.58. The van der Waals surface area contributed by atoms with Crippen molar-refractivity contribution in [1.29, 1.82) is 0 Å². The number of carbonyl (C=O) groups excluding carboxylic acids is 1. The van der Waals surface area contributed by atoms with Gasteiger partial charge in [0.15, 0.2) is 0 Å². The first-order chi connectivity index (χ1) is 14.4. The molecule has 1 N–H and O–H groups in total. The van der Waals surface area contributed by atoms with Crippen LogP contribution in [0.2, 0.25) is 0 Å². The fraction of sp³-hybridized carbons (Fsp3) is 0.409. The van der Waals surface area contributed by atoms with Gasteiger partial charge >= 0.3 is 0 Å². The number of benzene rings is 2. The molecule has 7 nitrogen and oxygen atoms in total. The molecule has 1 fully saturated rings. The minimum atomic E-state index is -3.74. The Morgan fingerprint density at radius 1 is 1.00 bits per heavy atom. The summed E-state index contributed by atoms with van der Waals surface area (Å²) < 4.78 is 38.4. The van der Waals surface area contributed by atoms with Gasteiger partial charge in [-0.05, 0) is 44.0 Å². The average molecular weight is 433 g/mol. The first-order valence-electron chi connectivity index (χ1n) is 10.0. The average Bonchev–Trinajstić information content (AvgIpc) is 2.79. The van der Waals surface area contributed by atoms with Crippen LogP contribution < -0.4 is 14.8 Å². The van der Waals surface area contributed by atoms with Gasteiger partial charge in [-0.25, -0.2) is 8.42 Å². The molecule has 1 aliphatic heterocycles. The minimum absolute atomic E-state index is 0.0181. The molecule has 8 heteroatoms. The second-order valence-corrected chi connectivity index (χ2v) is 9.17. The number of sulfonamides is 1. The summed E-state index contributed by atoms with van der Waals surface area (Å²) in [5, 5.41) is 2.91. The molecule has 0 saturated carbocycles. The third-order valence-electron chi connectivity index (χ3n) is 5.31. The third kappa shape index (κ3) is 4.60. The van der Waals surface area contributed by atoms with Crippen molar-refractivity contribution < 1.29 is 22.7 Å². The van der Waals surface area contributed by atoms with E-state index in [9.17, 15) is 13.2 Å². The quantitative estimate of drug-likeness (QED) is 0.725. The number of nitrogens with one attached hydrogen (secondary N) is 1. The molecule has 0 bridgehead atoms. The van der Waals surface area contributed by atoms with Gasteiger partial charge in [-0.15, -0.1) is 0 Å². The molecule has 1 amide bonds. The van der Waals surface area contributed by atoms with E-state index in [1.165, 1.54) is 23.5 Å². The molecular formula is C22H28N2O5S. The lowest BCUT2D eigenvalue weighted by molar-refractivity contribution is 0.0939. The van der Waals surface area contributed by atoms with E-state index in [2.05, 4.69) is 5.32 Å². The number of para-hydroxylation sites is 1. The van der Waals surface area contributed by atoms with Crippen molar-refractivity contribution >= 4 is 15.9 Å². The van der Waals surface area contributed by atoms with Crippen LogP contribution in [-0.2, 0) is 10.0 Å². The number of nitrogens with zero attached hydrogens (tertiary/aromatic N) is 1. The fourth-order valence-corrected chi connectivity index (χ4v) is 5.34. The molecule has 2 aromatic rings. The summed E-state index contributed by atoms with van der Waals surface area (Å²) in [5.41, 5.74) is 1.09. The number of piperidine rings is 1. The number of hydrogen-bond donors (Lipinski definition) is 1. The SMILES string of the molecule is COc1ccccc1[C@@H](C)NC(=O)c1ccc(OC)c(S(=O)(=O)N2CCCCC2)c1. The number of amides is 1. The van der Waals surface area contributed by atoms with E-state index in [1.807, 2.05) is 31.2 Å². The molecule has 0 spiro atoms. The van der Waals surface area contributed by atoms with E-state index in [0.29, 0.717) is 18.8 Å². The summed E-state index contributed by atoms with van der Waals surface area (Å²) in [5.74, 6) is 0.537. The van der Waals surface area contributed by atoms with Gasteiger partial charge in [-0.3, -0.25) is 4.79 Å². The highest BCUT2D eigenvalue weighted by atomic mass is 32.2. The number of ether oxygens (including phenoxy) is 2. The minimum Gasteiger partial charge on any atom is -0.496 e. The van der Waals surface area contributed by atoms with Crippen molar-refractivity contribution in [2.45, 2.75) is 37.1 Å². The van der Waals surface area contributed by atoms with Gasteiger partial charge in [-0.1, -0.05) is 24.6 Å². The van der Waals surface area contributed by atoms with Gasteiger partial charge in [0.2, 0.25) is 10.0 Å². The second kappa shape index (κ2) is 9.49. The van der Waals surface area contributed by atoms with Crippen molar-refractivity contribution in [2.75, 3.05) is 27.3 Å². The fourth-order valence-electron chi connectivity index (χ4n) is 3.65. The first-order valence-corrected chi connectivity index (χ1v) is 11.4.